The van der Waals surface area contributed by atoms with Gasteiger partial charge in [-0.05, 0) is 43.2 Å². The molecule has 1 saturated heterocycles. The van der Waals surface area contributed by atoms with Gasteiger partial charge in [-0.2, -0.15) is 0 Å². The van der Waals surface area contributed by atoms with Crippen LogP contribution in [0.1, 0.15) is 24.1 Å². The average molecular weight is 502 g/mol. The van der Waals surface area contributed by atoms with E-state index in [4.69, 9.17) is 15.2 Å². The van der Waals surface area contributed by atoms with E-state index in [0.717, 1.165) is 5.56 Å². The van der Waals surface area contributed by atoms with Crippen molar-refractivity contribution in [3.63, 3.8) is 0 Å². The van der Waals surface area contributed by atoms with Crippen molar-refractivity contribution in [2.75, 3.05) is 38.7 Å². The number of aryl methyl sites for hydroxylation is 1. The first-order valence-electron chi connectivity index (χ1n) is 11.7. The van der Waals surface area contributed by atoms with Crippen molar-refractivity contribution in [2.24, 2.45) is 5.73 Å². The van der Waals surface area contributed by atoms with Crippen molar-refractivity contribution in [1.82, 2.24) is 14.3 Å². The highest BCUT2D eigenvalue weighted by Crippen LogP contribution is 2.33. The Morgan fingerprint density at radius 3 is 2.72 bits per heavy atom. The van der Waals surface area contributed by atoms with Gasteiger partial charge in [-0.25, -0.2) is 18.6 Å². The Hall–Kier alpha value is -3.73. The minimum Gasteiger partial charge on any atom is -0.453 e. The van der Waals surface area contributed by atoms with Gasteiger partial charge in [-0.3, -0.25) is 4.79 Å². The highest BCUT2D eigenvalue weighted by Gasteiger charge is 2.29. The highest BCUT2D eigenvalue weighted by atomic mass is 19.1. The Kier molecular flexibility index (Phi) is 7.68. The van der Waals surface area contributed by atoms with E-state index in [1.165, 1.54) is 19.2 Å². The van der Waals surface area contributed by atoms with Gasteiger partial charge in [0.15, 0.2) is 0 Å². The predicted molar refractivity (Wildman–Crippen MR) is 130 cm³/mol. The van der Waals surface area contributed by atoms with E-state index in [1.807, 2.05) is 25.3 Å². The van der Waals surface area contributed by atoms with Gasteiger partial charge in [-0.15, -0.1) is 0 Å². The lowest BCUT2D eigenvalue weighted by Gasteiger charge is -2.32. The molecule has 2 amide bonds. The van der Waals surface area contributed by atoms with Crippen molar-refractivity contribution in [3.8, 4) is 11.3 Å². The Bertz CT molecular complexity index is 1260. The molecule has 11 heteroatoms. The van der Waals surface area contributed by atoms with E-state index in [-0.39, 0.29) is 36.3 Å². The first-order chi connectivity index (χ1) is 17.3. The number of nitrogens with two attached hydrogens (primary N) is 1. The smallest absolute Gasteiger partial charge is 0.409 e. The molecular formula is C25H29F2N5O4. The van der Waals surface area contributed by atoms with Crippen LogP contribution in [0.2, 0.25) is 0 Å². The number of rotatable bonds is 8. The van der Waals surface area contributed by atoms with Crippen LogP contribution in [-0.4, -0.2) is 65.7 Å². The molecule has 0 spiro atoms. The zero-order valence-corrected chi connectivity index (χ0v) is 20.2. The summed E-state index contributed by atoms with van der Waals surface area (Å²) in [7, 11) is 1.32. The predicted octanol–water partition coefficient (Wildman–Crippen LogP) is 3.28. The second-order valence-corrected chi connectivity index (χ2v) is 8.76. The summed E-state index contributed by atoms with van der Waals surface area (Å²) >= 11 is 0. The van der Waals surface area contributed by atoms with Crippen molar-refractivity contribution in [2.45, 2.75) is 32.3 Å². The largest absolute Gasteiger partial charge is 0.453 e. The number of nitrogens with zero attached hydrogens (tertiary/aromatic N) is 3. The summed E-state index contributed by atoms with van der Waals surface area (Å²) in [6.45, 7) is 3.26. The Morgan fingerprint density at radius 2 is 2.03 bits per heavy atom. The number of imidazole rings is 1. The molecule has 4 rings (SSSR count). The lowest BCUT2D eigenvalue weighted by molar-refractivity contribution is -0.118. The number of fused-ring (bicyclic) bond motifs is 1. The molecule has 0 bridgehead atoms. The second kappa shape index (κ2) is 10.9. The number of anilines is 1. The number of hydrogen-bond donors (Lipinski definition) is 2. The van der Waals surface area contributed by atoms with Crippen molar-refractivity contribution >= 4 is 23.3 Å². The van der Waals surface area contributed by atoms with Gasteiger partial charge in [0.2, 0.25) is 5.91 Å². The molecule has 1 aliphatic heterocycles. The molecule has 192 valence electrons. The standard InChI is InChI=1S/C25H29F2N5O4/c1-15-5-7-32-20(13-17-14-31(8-9-36-17)25(34)35-2)24(30-22(32)10-15)23-18(26)11-16(12-19(23)27)29-6-3-4-21(28)33/h5,7,10-12,17,29H,3-4,6,8-9,13-14H2,1-2H3,(H2,28,33)/t17-/m0/s1. The van der Waals surface area contributed by atoms with Crippen LogP contribution in [0.5, 0.6) is 0 Å². The highest BCUT2D eigenvalue weighted by molar-refractivity contribution is 5.74. The quantitative estimate of drug-likeness (QED) is 0.459. The number of benzene rings is 1. The van der Waals surface area contributed by atoms with E-state index < -0.39 is 29.7 Å². The maximum absolute atomic E-state index is 15.3. The maximum atomic E-state index is 15.3. The zero-order chi connectivity index (χ0) is 25.8. The molecule has 0 aliphatic carbocycles. The van der Waals surface area contributed by atoms with Crippen molar-refractivity contribution in [1.29, 1.82) is 0 Å². The number of ether oxygens (including phenoxy) is 2. The van der Waals surface area contributed by atoms with E-state index in [2.05, 4.69) is 10.3 Å². The van der Waals surface area contributed by atoms with Crippen LogP contribution in [0.3, 0.4) is 0 Å². The number of primary amides is 1. The molecule has 1 aliphatic rings. The van der Waals surface area contributed by atoms with Crippen LogP contribution in [0.25, 0.3) is 16.9 Å². The molecule has 36 heavy (non-hydrogen) atoms. The number of carbonyl (C=O) groups is 2. The number of amides is 2. The fourth-order valence-corrected chi connectivity index (χ4v) is 4.34. The van der Waals surface area contributed by atoms with Gasteiger partial charge in [0.25, 0.3) is 0 Å². The first kappa shape index (κ1) is 25.4. The molecule has 0 radical (unpaired) electrons. The summed E-state index contributed by atoms with van der Waals surface area (Å²) in [5.41, 5.74) is 7.39. The number of hydrogen-bond acceptors (Lipinski definition) is 6. The molecule has 0 unspecified atom stereocenters. The first-order valence-corrected chi connectivity index (χ1v) is 11.7. The van der Waals surface area contributed by atoms with Crippen molar-refractivity contribution in [3.05, 3.63) is 53.4 Å². The van der Waals surface area contributed by atoms with E-state index in [0.29, 0.717) is 37.5 Å². The molecule has 1 fully saturated rings. The number of pyridine rings is 1. The van der Waals surface area contributed by atoms with Crippen LogP contribution in [0.15, 0.2) is 30.5 Å². The second-order valence-electron chi connectivity index (χ2n) is 8.76. The Balaban J connectivity index is 1.67. The fraction of sp³-hybridized carbons (Fsp3) is 0.400. The molecule has 3 aromatic rings. The number of carbonyl (C=O) groups excluding carboxylic acids is 2. The topological polar surface area (TPSA) is 111 Å². The molecule has 0 saturated carbocycles. The average Bonchev–Trinajstić information content (AvgIpc) is 3.17. The fourth-order valence-electron chi connectivity index (χ4n) is 4.34. The van der Waals surface area contributed by atoms with Gasteiger partial charge in [0.1, 0.15) is 17.3 Å². The molecule has 9 nitrogen and oxygen atoms in total. The molecule has 3 N–H and O–H groups in total. The van der Waals surface area contributed by atoms with Gasteiger partial charge in [-0.1, -0.05) is 0 Å². The molecule has 2 aromatic heterocycles. The third kappa shape index (κ3) is 5.56. The normalized spacial score (nSPS) is 15.8. The zero-order valence-electron chi connectivity index (χ0n) is 20.2. The Morgan fingerprint density at radius 1 is 1.28 bits per heavy atom. The van der Waals surface area contributed by atoms with Crippen LogP contribution < -0.4 is 11.1 Å². The summed E-state index contributed by atoms with van der Waals surface area (Å²) in [5.74, 6) is -1.97. The van der Waals surface area contributed by atoms with Crippen molar-refractivity contribution < 1.29 is 27.8 Å². The molecular weight excluding hydrogens is 472 g/mol. The monoisotopic (exact) mass is 501 g/mol. The third-order valence-corrected chi connectivity index (χ3v) is 6.08. The summed E-state index contributed by atoms with van der Waals surface area (Å²) in [5, 5.41) is 2.91. The van der Waals surface area contributed by atoms with Gasteiger partial charge in [0.05, 0.1) is 43.3 Å². The number of nitrogens with one attached hydrogen (secondary N) is 1. The molecule has 3 heterocycles. The summed E-state index contributed by atoms with van der Waals surface area (Å²) in [6.07, 6.45) is 1.85. The van der Waals surface area contributed by atoms with Gasteiger partial charge >= 0.3 is 6.09 Å². The lowest BCUT2D eigenvalue weighted by Crippen LogP contribution is -2.46. The van der Waals surface area contributed by atoms with E-state index >= 15 is 8.78 Å². The Labute approximate surface area is 207 Å². The van der Waals surface area contributed by atoms with Crippen LogP contribution >= 0.6 is 0 Å². The molecule has 1 aromatic carbocycles. The number of methoxy groups -OCH3 is 1. The number of aromatic nitrogens is 2. The number of morpholine rings is 1. The summed E-state index contributed by atoms with van der Waals surface area (Å²) in [4.78, 5) is 29.0. The van der Waals surface area contributed by atoms with E-state index in [9.17, 15) is 9.59 Å². The minimum absolute atomic E-state index is 0.176. The van der Waals surface area contributed by atoms with Gasteiger partial charge < -0.3 is 29.8 Å². The van der Waals surface area contributed by atoms with Gasteiger partial charge in [0, 0.05) is 37.8 Å². The molecule has 1 atom stereocenters. The van der Waals surface area contributed by atoms with Crippen LogP contribution in [-0.2, 0) is 20.7 Å². The maximum Gasteiger partial charge on any atom is 0.409 e. The summed E-state index contributed by atoms with van der Waals surface area (Å²) in [6, 6.07) is 6.13. The van der Waals surface area contributed by atoms with E-state index in [1.54, 1.807) is 9.30 Å². The van der Waals surface area contributed by atoms with Crippen LogP contribution in [0.4, 0.5) is 19.3 Å². The minimum atomic E-state index is -0.769. The summed E-state index contributed by atoms with van der Waals surface area (Å²) < 4.78 is 43.1. The SMILES string of the molecule is COC(=O)N1CCO[C@@H](Cc2c(-c3c(F)cc(NCCCC(N)=O)cc3F)nc3cc(C)ccn23)C1. The lowest BCUT2D eigenvalue weighted by atomic mass is 10.0. The third-order valence-electron chi connectivity index (χ3n) is 6.08. The van der Waals surface area contributed by atoms with Crippen LogP contribution in [0, 0.1) is 18.6 Å². The number of halogens is 2.